The molecule has 0 spiro atoms. The molecule has 1 aromatic heterocycles. The molecule has 1 aliphatic rings. The van der Waals surface area contributed by atoms with Crippen molar-refractivity contribution in [2.24, 2.45) is 5.92 Å². The molecule has 7 heteroatoms. The van der Waals surface area contributed by atoms with E-state index in [0.717, 1.165) is 35.0 Å². The third-order valence-electron chi connectivity index (χ3n) is 6.12. The van der Waals surface area contributed by atoms with Crippen LogP contribution in [0.5, 0.6) is 5.75 Å². The molecule has 0 bridgehead atoms. The first kappa shape index (κ1) is 22.2. The van der Waals surface area contributed by atoms with Gasteiger partial charge in [0.2, 0.25) is 5.91 Å². The number of anilines is 1. The van der Waals surface area contributed by atoms with E-state index in [9.17, 15) is 9.59 Å². The van der Waals surface area contributed by atoms with E-state index in [1.807, 2.05) is 35.0 Å². The molecule has 1 fully saturated rings. The standard InChI is InChI=1S/C25H27ClN2O4/c1-31-23-12-17(25(30)32-2)7-8-18(23)14-28-15-21(26)20-10-9-19(13-22(20)28)27-24(29)11-16-5-3-4-6-16/h7-10,12-13,15-16H,3-6,11,14H2,1-2H3,(H,27,29). The van der Waals surface area contributed by atoms with Crippen LogP contribution >= 0.6 is 11.6 Å². The summed E-state index contributed by atoms with van der Waals surface area (Å²) in [6.07, 6.45) is 7.16. The van der Waals surface area contributed by atoms with Gasteiger partial charge in [-0.2, -0.15) is 0 Å². The molecular weight excluding hydrogens is 428 g/mol. The Morgan fingerprint density at radius 3 is 2.62 bits per heavy atom. The maximum absolute atomic E-state index is 12.5. The van der Waals surface area contributed by atoms with Gasteiger partial charge in [-0.05, 0) is 49.1 Å². The number of aromatic nitrogens is 1. The fraction of sp³-hybridized carbons (Fsp3) is 0.360. The zero-order chi connectivity index (χ0) is 22.7. The first-order valence-electron chi connectivity index (χ1n) is 10.8. The highest BCUT2D eigenvalue weighted by atomic mass is 35.5. The predicted octanol–water partition coefficient (Wildman–Crippen LogP) is 5.66. The van der Waals surface area contributed by atoms with Crippen molar-refractivity contribution in [1.82, 2.24) is 4.57 Å². The second-order valence-electron chi connectivity index (χ2n) is 8.26. The summed E-state index contributed by atoms with van der Waals surface area (Å²) in [6, 6.07) is 11.0. The fourth-order valence-corrected chi connectivity index (χ4v) is 4.73. The van der Waals surface area contributed by atoms with Gasteiger partial charge in [0.05, 0.1) is 36.9 Å². The zero-order valence-corrected chi connectivity index (χ0v) is 19.1. The normalized spacial score (nSPS) is 14.0. The van der Waals surface area contributed by atoms with Crippen molar-refractivity contribution in [3.05, 3.63) is 58.7 Å². The first-order chi connectivity index (χ1) is 15.5. The summed E-state index contributed by atoms with van der Waals surface area (Å²) in [5.74, 6) is 0.729. The van der Waals surface area contributed by atoms with Gasteiger partial charge in [0.15, 0.2) is 0 Å². The smallest absolute Gasteiger partial charge is 0.337 e. The Bertz CT molecular complexity index is 1150. The number of amides is 1. The lowest BCUT2D eigenvalue weighted by Crippen LogP contribution is -2.15. The Morgan fingerprint density at radius 2 is 1.91 bits per heavy atom. The third kappa shape index (κ3) is 4.75. The zero-order valence-electron chi connectivity index (χ0n) is 18.3. The molecule has 1 N–H and O–H groups in total. The summed E-state index contributed by atoms with van der Waals surface area (Å²) in [5, 5.41) is 4.58. The summed E-state index contributed by atoms with van der Waals surface area (Å²) in [7, 11) is 2.92. The molecule has 1 amide bonds. The second-order valence-corrected chi connectivity index (χ2v) is 8.67. The number of carbonyl (C=O) groups excluding carboxylic acids is 2. The second kappa shape index (κ2) is 9.65. The van der Waals surface area contributed by atoms with Crippen LogP contribution in [-0.2, 0) is 16.1 Å². The molecule has 1 aliphatic carbocycles. The van der Waals surface area contributed by atoms with Crippen LogP contribution in [0.4, 0.5) is 5.69 Å². The summed E-state index contributed by atoms with van der Waals surface area (Å²) < 4.78 is 12.3. The van der Waals surface area contributed by atoms with Crippen molar-refractivity contribution >= 4 is 40.1 Å². The quantitative estimate of drug-likeness (QED) is 0.468. The number of benzene rings is 2. The first-order valence-corrected chi connectivity index (χ1v) is 11.2. The van der Waals surface area contributed by atoms with Crippen LogP contribution in [0, 0.1) is 5.92 Å². The van der Waals surface area contributed by atoms with Crippen molar-refractivity contribution in [3.8, 4) is 5.75 Å². The minimum Gasteiger partial charge on any atom is -0.496 e. The number of hydrogen-bond donors (Lipinski definition) is 1. The Labute approximate surface area is 192 Å². The largest absolute Gasteiger partial charge is 0.496 e. The van der Waals surface area contributed by atoms with Gasteiger partial charge in [-0.15, -0.1) is 0 Å². The highest BCUT2D eigenvalue weighted by Crippen LogP contribution is 2.32. The van der Waals surface area contributed by atoms with Gasteiger partial charge in [-0.1, -0.05) is 30.5 Å². The average Bonchev–Trinajstić information content (AvgIpc) is 3.41. The van der Waals surface area contributed by atoms with Gasteiger partial charge in [0.1, 0.15) is 5.75 Å². The molecule has 1 heterocycles. The number of hydrogen-bond acceptors (Lipinski definition) is 4. The number of carbonyl (C=O) groups is 2. The molecule has 0 aliphatic heterocycles. The van der Waals surface area contributed by atoms with Gasteiger partial charge >= 0.3 is 5.97 Å². The fourth-order valence-electron chi connectivity index (χ4n) is 4.45. The van der Waals surface area contributed by atoms with E-state index in [0.29, 0.717) is 35.2 Å². The van der Waals surface area contributed by atoms with Crippen molar-refractivity contribution in [2.75, 3.05) is 19.5 Å². The van der Waals surface area contributed by atoms with Gasteiger partial charge in [0.25, 0.3) is 0 Å². The third-order valence-corrected chi connectivity index (χ3v) is 6.42. The highest BCUT2D eigenvalue weighted by Gasteiger charge is 2.19. The van der Waals surface area contributed by atoms with E-state index in [1.165, 1.54) is 20.0 Å². The molecule has 1 saturated carbocycles. The summed E-state index contributed by atoms with van der Waals surface area (Å²) in [6.45, 7) is 0.493. The Balaban J connectivity index is 1.58. The number of nitrogens with one attached hydrogen (secondary N) is 1. The van der Waals surface area contributed by atoms with Gasteiger partial charge in [-0.3, -0.25) is 4.79 Å². The highest BCUT2D eigenvalue weighted by molar-refractivity contribution is 6.35. The molecule has 0 radical (unpaired) electrons. The Kier molecular flexibility index (Phi) is 6.70. The van der Waals surface area contributed by atoms with Crippen LogP contribution in [0.3, 0.4) is 0 Å². The van der Waals surface area contributed by atoms with Crippen molar-refractivity contribution < 1.29 is 19.1 Å². The molecule has 0 atom stereocenters. The summed E-state index contributed by atoms with van der Waals surface area (Å²) in [4.78, 5) is 24.3. The topological polar surface area (TPSA) is 69.6 Å². The molecule has 6 nitrogen and oxygen atoms in total. The van der Waals surface area contributed by atoms with Crippen molar-refractivity contribution in [3.63, 3.8) is 0 Å². The number of rotatable bonds is 7. The van der Waals surface area contributed by atoms with Crippen molar-refractivity contribution in [2.45, 2.75) is 38.6 Å². The minimum atomic E-state index is -0.415. The van der Waals surface area contributed by atoms with E-state index in [4.69, 9.17) is 21.1 Å². The molecule has 2 aromatic carbocycles. The van der Waals surface area contributed by atoms with Crippen LogP contribution in [-0.4, -0.2) is 30.7 Å². The molecule has 0 unspecified atom stereocenters. The average molecular weight is 455 g/mol. The molecule has 0 saturated heterocycles. The van der Waals surface area contributed by atoms with Crippen LogP contribution in [0.2, 0.25) is 5.02 Å². The van der Waals surface area contributed by atoms with E-state index >= 15 is 0 Å². The number of fused-ring (bicyclic) bond motifs is 1. The van der Waals surface area contributed by atoms with Gasteiger partial charge in [0, 0.05) is 29.3 Å². The van der Waals surface area contributed by atoms with Crippen LogP contribution in [0.25, 0.3) is 10.9 Å². The maximum atomic E-state index is 12.5. The molecule has 32 heavy (non-hydrogen) atoms. The number of ether oxygens (including phenoxy) is 2. The van der Waals surface area contributed by atoms with Gasteiger partial charge < -0.3 is 19.4 Å². The number of halogens is 1. The lowest BCUT2D eigenvalue weighted by atomic mass is 10.0. The molecule has 4 rings (SSSR count). The summed E-state index contributed by atoms with van der Waals surface area (Å²) in [5.41, 5.74) is 2.98. The van der Waals surface area contributed by atoms with Crippen molar-refractivity contribution in [1.29, 1.82) is 0 Å². The summed E-state index contributed by atoms with van der Waals surface area (Å²) >= 11 is 6.47. The van der Waals surface area contributed by atoms with Crippen LogP contribution < -0.4 is 10.1 Å². The van der Waals surface area contributed by atoms with Crippen LogP contribution in [0.1, 0.15) is 48.0 Å². The molecule has 3 aromatic rings. The minimum absolute atomic E-state index is 0.0560. The number of esters is 1. The lowest BCUT2D eigenvalue weighted by molar-refractivity contribution is -0.117. The maximum Gasteiger partial charge on any atom is 0.337 e. The monoisotopic (exact) mass is 454 g/mol. The van der Waals surface area contributed by atoms with Gasteiger partial charge in [-0.25, -0.2) is 4.79 Å². The lowest BCUT2D eigenvalue weighted by Gasteiger charge is -2.13. The SMILES string of the molecule is COC(=O)c1ccc(Cn2cc(Cl)c3ccc(NC(=O)CC4CCCC4)cc32)c(OC)c1. The number of nitrogens with zero attached hydrogens (tertiary/aromatic N) is 1. The molecule has 168 valence electrons. The van der Waals surface area contributed by atoms with E-state index in [-0.39, 0.29) is 5.91 Å². The predicted molar refractivity (Wildman–Crippen MR) is 126 cm³/mol. The van der Waals surface area contributed by atoms with E-state index in [2.05, 4.69) is 5.32 Å². The number of methoxy groups -OCH3 is 2. The molecular formula is C25H27ClN2O4. The van der Waals surface area contributed by atoms with E-state index < -0.39 is 5.97 Å². The Morgan fingerprint density at radius 1 is 1.12 bits per heavy atom. The van der Waals surface area contributed by atoms with E-state index in [1.54, 1.807) is 19.2 Å². The Hall–Kier alpha value is -2.99. The van der Waals surface area contributed by atoms with Crippen LogP contribution in [0.15, 0.2) is 42.6 Å².